The van der Waals surface area contributed by atoms with Crippen LogP contribution >= 0.6 is 23.2 Å². The van der Waals surface area contributed by atoms with Crippen LogP contribution in [0.1, 0.15) is 25.7 Å². The maximum absolute atomic E-state index is 12.0. The number of rotatable bonds is 6. The molecule has 1 aromatic rings. The number of carbonyl (C=O) groups excluding carboxylic acids is 1. The molecule has 1 N–H and O–H groups in total. The number of ether oxygens (including phenoxy) is 1. The summed E-state index contributed by atoms with van der Waals surface area (Å²) >= 11 is 12.0. The van der Waals surface area contributed by atoms with Crippen molar-refractivity contribution < 1.29 is 9.53 Å². The highest BCUT2D eigenvalue weighted by Crippen LogP contribution is 2.27. The van der Waals surface area contributed by atoms with Crippen LogP contribution in [-0.2, 0) is 4.79 Å². The second kappa shape index (κ2) is 7.73. The summed E-state index contributed by atoms with van der Waals surface area (Å²) in [6.07, 6.45) is 4.16. The normalized spacial score (nSPS) is 19.6. The van der Waals surface area contributed by atoms with Crippen LogP contribution < -0.4 is 10.1 Å². The number of halogens is 2. The highest BCUT2D eigenvalue weighted by molar-refractivity contribution is 6.35. The van der Waals surface area contributed by atoms with Crippen molar-refractivity contribution in [2.24, 2.45) is 5.92 Å². The lowest BCUT2D eigenvalue weighted by atomic mass is 9.96. The number of hydrogen-bond donors (Lipinski definition) is 1. The lowest BCUT2D eigenvalue weighted by Crippen LogP contribution is -2.42. The van der Waals surface area contributed by atoms with Crippen molar-refractivity contribution in [1.29, 1.82) is 0 Å². The molecule has 0 unspecified atom stereocenters. The molecule has 4 nitrogen and oxygen atoms in total. The first-order valence-electron chi connectivity index (χ1n) is 8.22. The van der Waals surface area contributed by atoms with Crippen LogP contribution in [0.2, 0.25) is 10.0 Å². The summed E-state index contributed by atoms with van der Waals surface area (Å²) in [6, 6.07) is 5.70. The van der Waals surface area contributed by atoms with Crippen LogP contribution in [-0.4, -0.2) is 43.1 Å². The number of piperidine rings is 1. The van der Waals surface area contributed by atoms with Crippen molar-refractivity contribution in [2.75, 3.05) is 26.2 Å². The van der Waals surface area contributed by atoms with Crippen molar-refractivity contribution in [1.82, 2.24) is 10.2 Å². The topological polar surface area (TPSA) is 41.6 Å². The minimum Gasteiger partial charge on any atom is -0.491 e. The van der Waals surface area contributed by atoms with Crippen molar-refractivity contribution in [3.8, 4) is 5.75 Å². The molecule has 23 heavy (non-hydrogen) atoms. The molecule has 1 amide bonds. The van der Waals surface area contributed by atoms with Gasteiger partial charge in [-0.2, -0.15) is 0 Å². The van der Waals surface area contributed by atoms with E-state index in [1.807, 2.05) is 0 Å². The van der Waals surface area contributed by atoms with Crippen LogP contribution in [0.5, 0.6) is 5.75 Å². The van der Waals surface area contributed by atoms with Crippen LogP contribution in [0, 0.1) is 5.92 Å². The Labute approximate surface area is 147 Å². The van der Waals surface area contributed by atoms with Gasteiger partial charge in [0.1, 0.15) is 12.4 Å². The van der Waals surface area contributed by atoms with Crippen LogP contribution in [0.15, 0.2) is 18.2 Å². The van der Waals surface area contributed by atoms with E-state index in [9.17, 15) is 4.79 Å². The van der Waals surface area contributed by atoms with E-state index in [2.05, 4.69) is 10.2 Å². The maximum Gasteiger partial charge on any atom is 0.223 e. The highest BCUT2D eigenvalue weighted by Gasteiger charge is 2.29. The van der Waals surface area contributed by atoms with Crippen molar-refractivity contribution in [3.05, 3.63) is 28.2 Å². The van der Waals surface area contributed by atoms with E-state index in [4.69, 9.17) is 27.9 Å². The molecular formula is C17H22Cl2N2O2. The van der Waals surface area contributed by atoms with Crippen LogP contribution in [0.25, 0.3) is 0 Å². The number of amides is 1. The second-order valence-electron chi connectivity index (χ2n) is 6.32. The van der Waals surface area contributed by atoms with E-state index < -0.39 is 0 Å². The fraction of sp³-hybridized carbons (Fsp3) is 0.588. The summed E-state index contributed by atoms with van der Waals surface area (Å²) in [6.45, 7) is 3.32. The number of likely N-dealkylation sites (tertiary alicyclic amines) is 1. The number of hydrogen-bond acceptors (Lipinski definition) is 3. The Morgan fingerprint density at radius 2 is 1.96 bits per heavy atom. The smallest absolute Gasteiger partial charge is 0.223 e. The first-order chi connectivity index (χ1) is 11.1. The molecule has 1 saturated carbocycles. The molecule has 2 fully saturated rings. The fourth-order valence-electron chi connectivity index (χ4n) is 2.84. The van der Waals surface area contributed by atoms with Gasteiger partial charge in [-0.3, -0.25) is 9.69 Å². The maximum atomic E-state index is 12.0. The Hall–Kier alpha value is -0.970. The van der Waals surface area contributed by atoms with Crippen molar-refractivity contribution in [2.45, 2.75) is 31.7 Å². The number of nitrogens with zero attached hydrogens (tertiary/aromatic N) is 1. The minimum absolute atomic E-state index is 0.179. The van der Waals surface area contributed by atoms with Gasteiger partial charge in [0.25, 0.3) is 0 Å². The first kappa shape index (κ1) is 16.9. The van der Waals surface area contributed by atoms with E-state index in [0.717, 1.165) is 45.3 Å². The molecule has 1 aliphatic carbocycles. The summed E-state index contributed by atoms with van der Waals surface area (Å²) < 4.78 is 5.72. The predicted molar refractivity (Wildman–Crippen MR) is 92.3 cm³/mol. The van der Waals surface area contributed by atoms with Gasteiger partial charge < -0.3 is 10.1 Å². The Balaban J connectivity index is 1.36. The van der Waals surface area contributed by atoms with Crippen molar-refractivity contribution in [3.63, 3.8) is 0 Å². The minimum atomic E-state index is 0.179. The molecule has 2 aliphatic rings. The predicted octanol–water partition coefficient (Wildman–Crippen LogP) is 3.36. The zero-order valence-electron chi connectivity index (χ0n) is 13.1. The van der Waals surface area contributed by atoms with Gasteiger partial charge >= 0.3 is 0 Å². The van der Waals surface area contributed by atoms with Gasteiger partial charge in [-0.25, -0.2) is 0 Å². The van der Waals surface area contributed by atoms with Gasteiger partial charge in [-0.05, 0) is 57.0 Å². The summed E-state index contributed by atoms with van der Waals surface area (Å²) in [5.74, 6) is 1.09. The van der Waals surface area contributed by atoms with Crippen LogP contribution in [0.4, 0.5) is 0 Å². The standard InChI is InChI=1S/C17H22Cl2N2O2/c18-13-1-4-16(15(19)11-13)23-10-9-21-7-5-12(6-8-21)17(22)20-14-2-3-14/h1,4,11-12,14H,2-3,5-10H2,(H,20,22). The zero-order valence-corrected chi connectivity index (χ0v) is 14.6. The molecule has 126 valence electrons. The Kier molecular flexibility index (Phi) is 5.67. The summed E-state index contributed by atoms with van der Waals surface area (Å²) in [5, 5.41) is 4.25. The average Bonchev–Trinajstić information content (AvgIpc) is 3.34. The van der Waals surface area contributed by atoms with E-state index >= 15 is 0 Å². The van der Waals surface area contributed by atoms with Crippen molar-refractivity contribution >= 4 is 29.1 Å². The molecule has 0 atom stereocenters. The third-order valence-corrected chi connectivity index (χ3v) is 4.97. The van der Waals surface area contributed by atoms with E-state index in [1.54, 1.807) is 18.2 Å². The molecule has 1 saturated heterocycles. The van der Waals surface area contributed by atoms with E-state index in [-0.39, 0.29) is 11.8 Å². The summed E-state index contributed by atoms with van der Waals surface area (Å²) in [4.78, 5) is 14.4. The first-order valence-corrected chi connectivity index (χ1v) is 8.98. The number of benzene rings is 1. The van der Waals surface area contributed by atoms with Crippen LogP contribution in [0.3, 0.4) is 0 Å². The lowest BCUT2D eigenvalue weighted by Gasteiger charge is -2.31. The Morgan fingerprint density at radius 3 is 2.61 bits per heavy atom. The number of carbonyl (C=O) groups is 1. The zero-order chi connectivity index (χ0) is 16.2. The summed E-state index contributed by atoms with van der Waals surface area (Å²) in [5.41, 5.74) is 0. The van der Waals surface area contributed by atoms with Gasteiger partial charge in [-0.15, -0.1) is 0 Å². The lowest BCUT2D eigenvalue weighted by molar-refractivity contribution is -0.126. The molecule has 1 aliphatic heterocycles. The largest absolute Gasteiger partial charge is 0.491 e. The quantitative estimate of drug-likeness (QED) is 0.849. The molecule has 1 heterocycles. The number of nitrogens with one attached hydrogen (secondary N) is 1. The Bertz CT molecular complexity index is 556. The van der Waals surface area contributed by atoms with Gasteiger partial charge in [-0.1, -0.05) is 23.2 Å². The highest BCUT2D eigenvalue weighted by atomic mass is 35.5. The molecule has 0 aromatic heterocycles. The molecule has 0 spiro atoms. The third kappa shape index (κ3) is 5.00. The molecule has 0 radical (unpaired) electrons. The summed E-state index contributed by atoms with van der Waals surface area (Å²) in [7, 11) is 0. The second-order valence-corrected chi connectivity index (χ2v) is 7.17. The third-order valence-electron chi connectivity index (χ3n) is 4.44. The average molecular weight is 357 g/mol. The molecule has 6 heteroatoms. The van der Waals surface area contributed by atoms with Gasteiger partial charge in [0, 0.05) is 23.5 Å². The van der Waals surface area contributed by atoms with Gasteiger partial charge in [0.15, 0.2) is 0 Å². The Morgan fingerprint density at radius 1 is 1.22 bits per heavy atom. The van der Waals surface area contributed by atoms with Gasteiger partial charge in [0.2, 0.25) is 5.91 Å². The van der Waals surface area contributed by atoms with E-state index in [1.165, 1.54) is 0 Å². The molecule has 3 rings (SSSR count). The molecular weight excluding hydrogens is 335 g/mol. The SMILES string of the molecule is O=C(NC1CC1)C1CCN(CCOc2ccc(Cl)cc2Cl)CC1. The fourth-order valence-corrected chi connectivity index (χ4v) is 3.31. The molecule has 0 bridgehead atoms. The van der Waals surface area contributed by atoms with Gasteiger partial charge in [0.05, 0.1) is 5.02 Å². The van der Waals surface area contributed by atoms with E-state index in [0.29, 0.717) is 28.4 Å². The molecule has 1 aromatic carbocycles. The monoisotopic (exact) mass is 356 g/mol.